The van der Waals surface area contributed by atoms with Crippen LogP contribution in [0.5, 0.6) is 0 Å². The zero-order valence-electron chi connectivity index (χ0n) is 12.4. The Bertz CT molecular complexity index is 305. The predicted molar refractivity (Wildman–Crippen MR) is 83.6 cm³/mol. The Balaban J connectivity index is 2.18. The molecule has 0 unspecified atom stereocenters. The van der Waals surface area contributed by atoms with Crippen molar-refractivity contribution in [3.05, 3.63) is 0 Å². The van der Waals surface area contributed by atoms with Gasteiger partial charge in [-0.25, -0.2) is 0 Å². The Morgan fingerprint density at radius 2 is 1.90 bits per heavy atom. The average molecular weight is 301 g/mol. The van der Waals surface area contributed by atoms with Gasteiger partial charge in [0.1, 0.15) is 0 Å². The highest BCUT2D eigenvalue weighted by atomic mass is 32.2. The fraction of sp³-hybridized carbons (Fsp3) is 0.857. The van der Waals surface area contributed by atoms with E-state index in [0.29, 0.717) is 19.4 Å². The van der Waals surface area contributed by atoms with E-state index in [2.05, 4.69) is 5.32 Å². The van der Waals surface area contributed by atoms with E-state index in [1.807, 2.05) is 11.2 Å². The number of nitrogens with two attached hydrogens (primary N) is 1. The molecule has 0 saturated carbocycles. The Morgan fingerprint density at radius 3 is 2.50 bits per heavy atom. The smallest absolute Gasteiger partial charge is 0.236 e. The highest BCUT2D eigenvalue weighted by Crippen LogP contribution is 2.10. The van der Waals surface area contributed by atoms with Crippen LogP contribution in [0, 0.1) is 0 Å². The number of carbonyl (C=O) groups excluding carboxylic acids is 2. The molecule has 116 valence electrons. The van der Waals surface area contributed by atoms with Gasteiger partial charge in [0.05, 0.1) is 6.04 Å². The summed E-state index contributed by atoms with van der Waals surface area (Å²) >= 11 is 1.68. The number of rotatable bonds is 7. The fourth-order valence-electron chi connectivity index (χ4n) is 2.28. The van der Waals surface area contributed by atoms with E-state index >= 15 is 0 Å². The molecule has 1 atom stereocenters. The van der Waals surface area contributed by atoms with Gasteiger partial charge in [-0.1, -0.05) is 12.8 Å². The molecule has 0 spiro atoms. The molecule has 1 rings (SSSR count). The van der Waals surface area contributed by atoms with Crippen LogP contribution in [0.4, 0.5) is 0 Å². The summed E-state index contributed by atoms with van der Waals surface area (Å²) in [6, 6.07) is -0.462. The van der Waals surface area contributed by atoms with Crippen molar-refractivity contribution in [3.63, 3.8) is 0 Å². The van der Waals surface area contributed by atoms with Crippen LogP contribution in [-0.2, 0) is 9.59 Å². The van der Waals surface area contributed by atoms with E-state index in [-0.39, 0.29) is 11.8 Å². The number of amides is 2. The minimum Gasteiger partial charge on any atom is -0.354 e. The molecule has 3 N–H and O–H groups in total. The van der Waals surface area contributed by atoms with Gasteiger partial charge in [0.2, 0.25) is 11.8 Å². The van der Waals surface area contributed by atoms with Crippen molar-refractivity contribution in [1.82, 2.24) is 10.2 Å². The van der Waals surface area contributed by atoms with Gasteiger partial charge in [-0.3, -0.25) is 9.59 Å². The van der Waals surface area contributed by atoms with Gasteiger partial charge in [-0.05, 0) is 31.3 Å². The summed E-state index contributed by atoms with van der Waals surface area (Å²) in [5.41, 5.74) is 5.76. The van der Waals surface area contributed by atoms with Crippen molar-refractivity contribution >= 4 is 23.6 Å². The molecule has 0 aliphatic carbocycles. The second-order valence-electron chi connectivity index (χ2n) is 5.22. The van der Waals surface area contributed by atoms with Crippen LogP contribution < -0.4 is 11.1 Å². The summed E-state index contributed by atoms with van der Waals surface area (Å²) in [6.45, 7) is 2.11. The van der Waals surface area contributed by atoms with E-state index in [9.17, 15) is 9.59 Å². The monoisotopic (exact) mass is 301 g/mol. The second-order valence-corrected chi connectivity index (χ2v) is 6.21. The second kappa shape index (κ2) is 10.0. The standard InChI is InChI=1S/C14H27N3O2S/c1-20-11-7-12(15)14(19)16-8-6-13(18)17-9-4-2-3-5-10-17/h12H,2-11,15H2,1H3,(H,16,19)/t12-/m0/s1. The number of thioether (sulfide) groups is 1. The SMILES string of the molecule is CSCC[C@H](N)C(=O)NCCC(=O)N1CCCCCC1. The molecular formula is C14H27N3O2S. The zero-order chi connectivity index (χ0) is 14.8. The number of carbonyl (C=O) groups is 2. The maximum atomic E-state index is 12.0. The third kappa shape index (κ3) is 6.61. The van der Waals surface area contributed by atoms with Gasteiger partial charge < -0.3 is 16.0 Å². The molecule has 0 aromatic rings. The van der Waals surface area contributed by atoms with Crippen molar-refractivity contribution in [2.75, 3.05) is 31.6 Å². The molecule has 0 aromatic carbocycles. The van der Waals surface area contributed by atoms with Gasteiger partial charge in [0.25, 0.3) is 0 Å². The van der Waals surface area contributed by atoms with Crippen LogP contribution in [0.3, 0.4) is 0 Å². The summed E-state index contributed by atoms with van der Waals surface area (Å²) in [4.78, 5) is 25.6. The van der Waals surface area contributed by atoms with Gasteiger partial charge in [-0.15, -0.1) is 0 Å². The topological polar surface area (TPSA) is 75.4 Å². The average Bonchev–Trinajstić information content (AvgIpc) is 2.73. The number of nitrogens with one attached hydrogen (secondary N) is 1. The lowest BCUT2D eigenvalue weighted by molar-refractivity contribution is -0.131. The predicted octanol–water partition coefficient (Wildman–Crippen LogP) is 0.976. The molecule has 0 aromatic heterocycles. The van der Waals surface area contributed by atoms with Crippen LogP contribution in [0.25, 0.3) is 0 Å². The van der Waals surface area contributed by atoms with E-state index in [1.54, 1.807) is 11.8 Å². The van der Waals surface area contributed by atoms with E-state index in [0.717, 1.165) is 31.7 Å². The Morgan fingerprint density at radius 1 is 1.25 bits per heavy atom. The number of hydrogen-bond donors (Lipinski definition) is 2. The van der Waals surface area contributed by atoms with Crippen molar-refractivity contribution in [2.45, 2.75) is 44.6 Å². The molecule has 20 heavy (non-hydrogen) atoms. The van der Waals surface area contributed by atoms with Crippen LogP contribution >= 0.6 is 11.8 Å². The molecule has 1 aliphatic heterocycles. The molecule has 2 amide bonds. The maximum Gasteiger partial charge on any atom is 0.236 e. The molecule has 1 saturated heterocycles. The summed E-state index contributed by atoms with van der Waals surface area (Å²) in [5.74, 6) is 0.869. The molecular weight excluding hydrogens is 274 g/mol. The van der Waals surface area contributed by atoms with E-state index in [1.165, 1.54) is 12.8 Å². The Kier molecular flexibility index (Phi) is 8.69. The first-order valence-corrected chi connectivity index (χ1v) is 8.84. The molecule has 0 radical (unpaired) electrons. The Hall–Kier alpha value is -0.750. The highest BCUT2D eigenvalue weighted by molar-refractivity contribution is 7.98. The Labute approximate surface area is 126 Å². The van der Waals surface area contributed by atoms with Gasteiger partial charge >= 0.3 is 0 Å². The quantitative estimate of drug-likeness (QED) is 0.735. The van der Waals surface area contributed by atoms with Crippen molar-refractivity contribution in [2.24, 2.45) is 5.73 Å². The van der Waals surface area contributed by atoms with Crippen LogP contribution in [0.1, 0.15) is 38.5 Å². The largest absolute Gasteiger partial charge is 0.354 e. The lowest BCUT2D eigenvalue weighted by atomic mass is 10.2. The minimum absolute atomic E-state index is 0.143. The van der Waals surface area contributed by atoms with Crippen molar-refractivity contribution in [3.8, 4) is 0 Å². The minimum atomic E-state index is -0.462. The molecule has 0 bridgehead atoms. The van der Waals surface area contributed by atoms with E-state index < -0.39 is 6.04 Å². The van der Waals surface area contributed by atoms with Gasteiger partial charge in [0, 0.05) is 26.1 Å². The number of nitrogens with zero attached hydrogens (tertiary/aromatic N) is 1. The molecule has 1 fully saturated rings. The maximum absolute atomic E-state index is 12.0. The van der Waals surface area contributed by atoms with Crippen LogP contribution in [0.2, 0.25) is 0 Å². The first-order chi connectivity index (χ1) is 9.65. The highest BCUT2D eigenvalue weighted by Gasteiger charge is 2.16. The van der Waals surface area contributed by atoms with E-state index in [4.69, 9.17) is 5.73 Å². The molecule has 1 aliphatic rings. The van der Waals surface area contributed by atoms with Crippen molar-refractivity contribution < 1.29 is 9.59 Å². The summed E-state index contributed by atoms with van der Waals surface area (Å²) < 4.78 is 0. The summed E-state index contributed by atoms with van der Waals surface area (Å²) in [5, 5.41) is 2.76. The van der Waals surface area contributed by atoms with Gasteiger partial charge in [-0.2, -0.15) is 11.8 Å². The lowest BCUT2D eigenvalue weighted by Crippen LogP contribution is -2.42. The number of hydrogen-bond acceptors (Lipinski definition) is 4. The zero-order valence-corrected chi connectivity index (χ0v) is 13.2. The normalized spacial score (nSPS) is 17.4. The van der Waals surface area contributed by atoms with Crippen molar-refractivity contribution in [1.29, 1.82) is 0 Å². The molecule has 6 heteroatoms. The number of likely N-dealkylation sites (tertiary alicyclic amines) is 1. The first kappa shape index (κ1) is 17.3. The molecule has 5 nitrogen and oxygen atoms in total. The fourth-order valence-corrected chi connectivity index (χ4v) is 2.77. The van der Waals surface area contributed by atoms with Gasteiger partial charge in [0.15, 0.2) is 0 Å². The third-order valence-electron chi connectivity index (χ3n) is 3.57. The summed E-state index contributed by atoms with van der Waals surface area (Å²) in [6.07, 6.45) is 7.66. The van der Waals surface area contributed by atoms with Crippen LogP contribution in [-0.4, -0.2) is 54.4 Å². The molecule has 1 heterocycles. The lowest BCUT2D eigenvalue weighted by Gasteiger charge is -2.20. The summed E-state index contributed by atoms with van der Waals surface area (Å²) in [7, 11) is 0. The third-order valence-corrected chi connectivity index (χ3v) is 4.21. The van der Waals surface area contributed by atoms with Crippen LogP contribution in [0.15, 0.2) is 0 Å². The first-order valence-electron chi connectivity index (χ1n) is 7.45.